The molecular formula is C29H23ClN6O5. The Balaban J connectivity index is 1.15. The maximum absolute atomic E-state index is 13.5. The summed E-state index contributed by atoms with van der Waals surface area (Å²) in [7, 11) is 0. The van der Waals surface area contributed by atoms with E-state index >= 15 is 0 Å². The molecule has 0 spiro atoms. The lowest BCUT2D eigenvalue weighted by molar-refractivity contribution is -0.148. The third-order valence-corrected chi connectivity index (χ3v) is 8.50. The summed E-state index contributed by atoms with van der Waals surface area (Å²) in [5.74, 6) is -1.04. The normalized spacial score (nSPS) is 20.3. The Bertz CT molecular complexity index is 1800. The number of tetrazole rings is 1. The predicted octanol–water partition coefficient (Wildman–Crippen LogP) is 3.50. The van der Waals surface area contributed by atoms with Crippen molar-refractivity contribution in [3.8, 4) is 16.8 Å². The number of ether oxygens (including phenoxy) is 1. The number of nitrogens with zero attached hydrogens (tertiary/aromatic N) is 5. The molecular weight excluding hydrogens is 548 g/mol. The smallest absolute Gasteiger partial charge is 0.330 e. The van der Waals surface area contributed by atoms with E-state index in [0.717, 1.165) is 24.1 Å². The average molecular weight is 571 g/mol. The van der Waals surface area contributed by atoms with Crippen LogP contribution in [-0.2, 0) is 20.7 Å². The van der Waals surface area contributed by atoms with E-state index in [1.54, 1.807) is 36.4 Å². The molecule has 206 valence electrons. The van der Waals surface area contributed by atoms with Crippen LogP contribution in [0.2, 0.25) is 5.02 Å². The Hall–Kier alpha value is -4.64. The van der Waals surface area contributed by atoms with Gasteiger partial charge in [-0.05, 0) is 89.2 Å². The molecule has 11 nitrogen and oxygen atoms in total. The van der Waals surface area contributed by atoms with E-state index in [1.807, 2.05) is 6.07 Å². The number of carbonyl (C=O) groups is 3. The Morgan fingerprint density at radius 1 is 1.05 bits per heavy atom. The van der Waals surface area contributed by atoms with Gasteiger partial charge in [-0.15, -0.1) is 5.10 Å². The fourth-order valence-corrected chi connectivity index (χ4v) is 6.33. The number of aryl methyl sites for hydroxylation is 1. The second kappa shape index (κ2) is 9.77. The largest absolute Gasteiger partial charge is 0.456 e. The van der Waals surface area contributed by atoms with Gasteiger partial charge in [0.1, 0.15) is 12.4 Å². The monoisotopic (exact) mass is 570 g/mol. The van der Waals surface area contributed by atoms with Crippen LogP contribution < -0.4 is 10.9 Å². The summed E-state index contributed by atoms with van der Waals surface area (Å²) < 4.78 is 8.52. The highest BCUT2D eigenvalue weighted by molar-refractivity contribution is 6.31. The molecule has 4 aromatic rings. The molecule has 41 heavy (non-hydrogen) atoms. The number of halogens is 1. The highest BCUT2D eigenvalue weighted by Crippen LogP contribution is 2.54. The molecule has 1 fully saturated rings. The van der Waals surface area contributed by atoms with Crippen LogP contribution >= 0.6 is 11.6 Å². The van der Waals surface area contributed by atoms with Crippen molar-refractivity contribution in [2.45, 2.75) is 37.6 Å². The van der Waals surface area contributed by atoms with Gasteiger partial charge >= 0.3 is 5.97 Å². The number of hydrogen-bond acceptors (Lipinski definition) is 8. The van der Waals surface area contributed by atoms with E-state index in [0.29, 0.717) is 45.9 Å². The van der Waals surface area contributed by atoms with Crippen LogP contribution in [0.4, 0.5) is 5.69 Å². The SMILES string of the molecule is O=C1CCc2cc(C(=O)COC(=O)[C@@H]3[C@H]4CC[C@H]4c4cc(-c5cc(Cl)ccc5-n5cnnn5)cc(=O)n43)ccc2N1. The zero-order chi connectivity index (χ0) is 28.2. The first kappa shape index (κ1) is 25.3. The zero-order valence-electron chi connectivity index (χ0n) is 21.6. The van der Waals surface area contributed by atoms with Crippen LogP contribution in [0.3, 0.4) is 0 Å². The molecule has 1 saturated carbocycles. The van der Waals surface area contributed by atoms with Crippen molar-refractivity contribution < 1.29 is 19.1 Å². The van der Waals surface area contributed by atoms with Crippen molar-refractivity contribution in [2.24, 2.45) is 5.92 Å². The van der Waals surface area contributed by atoms with Crippen LogP contribution in [0.5, 0.6) is 0 Å². The number of hydrogen-bond donors (Lipinski definition) is 1. The number of aromatic nitrogens is 5. The van der Waals surface area contributed by atoms with Crippen molar-refractivity contribution in [1.29, 1.82) is 0 Å². The second-order valence-electron chi connectivity index (χ2n) is 10.5. The van der Waals surface area contributed by atoms with Crippen molar-refractivity contribution in [2.75, 3.05) is 11.9 Å². The number of nitrogens with one attached hydrogen (secondary N) is 1. The second-order valence-corrected chi connectivity index (χ2v) is 11.0. The molecule has 2 aromatic carbocycles. The highest BCUT2D eigenvalue weighted by atomic mass is 35.5. The molecule has 0 radical (unpaired) electrons. The standard InChI is InChI=1S/C29H23ClN6O5/c30-18-3-7-23(35-14-31-33-34-35)21(12-18)17-10-24-19-4-5-20(19)28(36(24)27(39)11-17)29(40)41-13-25(37)16-1-6-22-15(9-16)2-8-26(38)32-22/h1,3,6-7,9-12,14,19-20,28H,2,4-5,8,13H2,(H,32,38)/t19-,20+,28+/m1/s1. The minimum absolute atomic E-state index is 0.0300. The van der Waals surface area contributed by atoms with Gasteiger partial charge in [0.2, 0.25) is 5.91 Å². The minimum atomic E-state index is -0.796. The molecule has 4 heterocycles. The Morgan fingerprint density at radius 3 is 2.71 bits per heavy atom. The Kier molecular flexibility index (Phi) is 6.04. The van der Waals surface area contributed by atoms with Gasteiger partial charge in [-0.1, -0.05) is 11.6 Å². The van der Waals surface area contributed by atoms with Crippen molar-refractivity contribution in [3.05, 3.63) is 87.1 Å². The van der Waals surface area contributed by atoms with Crippen LogP contribution in [0.15, 0.2) is 59.7 Å². The molecule has 3 aliphatic rings. The summed E-state index contributed by atoms with van der Waals surface area (Å²) in [6, 6.07) is 12.9. The summed E-state index contributed by atoms with van der Waals surface area (Å²) in [5, 5.41) is 14.7. The van der Waals surface area contributed by atoms with E-state index < -0.39 is 18.6 Å². The van der Waals surface area contributed by atoms with E-state index in [2.05, 4.69) is 20.8 Å². The molecule has 2 aliphatic heterocycles. The number of pyridine rings is 1. The summed E-state index contributed by atoms with van der Waals surface area (Å²) in [6.45, 7) is -0.433. The van der Waals surface area contributed by atoms with E-state index in [-0.39, 0.29) is 29.1 Å². The Morgan fingerprint density at radius 2 is 1.93 bits per heavy atom. The van der Waals surface area contributed by atoms with Gasteiger partial charge in [0.05, 0.1) is 5.69 Å². The first-order chi connectivity index (χ1) is 19.9. The molecule has 3 atom stereocenters. The van der Waals surface area contributed by atoms with Crippen molar-refractivity contribution in [1.82, 2.24) is 24.8 Å². The molecule has 1 N–H and O–H groups in total. The topological polar surface area (TPSA) is 138 Å². The average Bonchev–Trinajstić information content (AvgIpc) is 3.55. The van der Waals surface area contributed by atoms with Crippen molar-refractivity contribution >= 4 is 34.9 Å². The van der Waals surface area contributed by atoms with Gasteiger partial charge in [-0.2, -0.15) is 4.68 Å². The first-order valence-electron chi connectivity index (χ1n) is 13.3. The van der Waals surface area contributed by atoms with Crippen LogP contribution in [-0.4, -0.2) is 49.0 Å². The lowest BCUT2D eigenvalue weighted by atomic mass is 9.71. The van der Waals surface area contributed by atoms with Gasteiger partial charge in [-0.3, -0.25) is 19.0 Å². The molecule has 0 unspecified atom stereocenters. The molecule has 12 heteroatoms. The van der Waals surface area contributed by atoms with E-state index in [9.17, 15) is 19.2 Å². The third-order valence-electron chi connectivity index (χ3n) is 8.26. The fraction of sp³-hybridized carbons (Fsp3) is 0.276. The summed E-state index contributed by atoms with van der Waals surface area (Å²) in [6.07, 6.45) is 3.98. The first-order valence-corrected chi connectivity index (χ1v) is 13.7. The number of fused-ring (bicyclic) bond motifs is 4. The number of ketones is 1. The number of amides is 1. The maximum atomic E-state index is 13.5. The molecule has 1 aliphatic carbocycles. The number of carbonyl (C=O) groups excluding carboxylic acids is 3. The number of rotatable bonds is 6. The van der Waals surface area contributed by atoms with Gasteiger partial charge in [-0.25, -0.2) is 4.79 Å². The summed E-state index contributed by atoms with van der Waals surface area (Å²) in [5.41, 5.74) is 4.38. The van der Waals surface area contributed by atoms with Gasteiger partial charge in [0.15, 0.2) is 12.4 Å². The molecule has 2 aromatic heterocycles. The zero-order valence-corrected chi connectivity index (χ0v) is 22.4. The quantitative estimate of drug-likeness (QED) is 0.274. The number of Topliss-reactive ketones (excluding diaryl/α,β-unsaturated/α-hetero) is 1. The number of anilines is 1. The highest BCUT2D eigenvalue weighted by Gasteiger charge is 2.51. The predicted molar refractivity (Wildman–Crippen MR) is 147 cm³/mol. The van der Waals surface area contributed by atoms with Gasteiger partial charge < -0.3 is 10.1 Å². The minimum Gasteiger partial charge on any atom is -0.456 e. The van der Waals surface area contributed by atoms with Crippen molar-refractivity contribution in [3.63, 3.8) is 0 Å². The fourth-order valence-electron chi connectivity index (χ4n) is 6.15. The van der Waals surface area contributed by atoms with Gasteiger partial charge in [0.25, 0.3) is 5.56 Å². The van der Waals surface area contributed by atoms with Crippen LogP contribution in [0.25, 0.3) is 16.8 Å². The summed E-state index contributed by atoms with van der Waals surface area (Å²) in [4.78, 5) is 51.4. The molecule has 0 bridgehead atoms. The van der Waals surface area contributed by atoms with Crippen LogP contribution in [0, 0.1) is 5.92 Å². The molecule has 0 saturated heterocycles. The molecule has 7 rings (SSSR count). The Labute approximate surface area is 238 Å². The van der Waals surface area contributed by atoms with E-state index in [4.69, 9.17) is 16.3 Å². The number of esters is 1. The lowest BCUT2D eigenvalue weighted by Crippen LogP contribution is -2.34. The maximum Gasteiger partial charge on any atom is 0.330 e. The van der Waals surface area contributed by atoms with Crippen LogP contribution in [0.1, 0.15) is 52.8 Å². The molecule has 1 amide bonds. The lowest BCUT2D eigenvalue weighted by Gasteiger charge is -2.32. The van der Waals surface area contributed by atoms with Gasteiger partial charge in [0, 0.05) is 45.9 Å². The van der Waals surface area contributed by atoms with E-state index in [1.165, 1.54) is 21.6 Å². The number of benzene rings is 2. The third kappa shape index (κ3) is 4.33. The summed E-state index contributed by atoms with van der Waals surface area (Å²) >= 11 is 6.31.